The molecule has 7 heteroatoms. The number of rotatable bonds is 4. The van der Waals surface area contributed by atoms with E-state index in [4.69, 9.17) is 10.5 Å². The van der Waals surface area contributed by atoms with Crippen molar-refractivity contribution < 1.29 is 9.53 Å². The Labute approximate surface area is 195 Å². The lowest BCUT2D eigenvalue weighted by Gasteiger charge is -2.25. The third-order valence-electron chi connectivity index (χ3n) is 5.74. The molecule has 2 heterocycles. The van der Waals surface area contributed by atoms with E-state index in [9.17, 15) is 14.9 Å². The third kappa shape index (κ3) is 3.79. The summed E-state index contributed by atoms with van der Waals surface area (Å²) in [6.07, 6.45) is 1.79. The number of aryl methyl sites for hydroxylation is 2. The summed E-state index contributed by atoms with van der Waals surface area (Å²) in [7, 11) is 0. The van der Waals surface area contributed by atoms with Crippen molar-refractivity contribution in [2.24, 2.45) is 5.73 Å². The lowest BCUT2D eigenvalue weighted by molar-refractivity contribution is -0.136. The predicted octanol–water partition coefficient (Wildman–Crippen LogP) is 2.52. The van der Waals surface area contributed by atoms with Gasteiger partial charge in [-0.1, -0.05) is 48.5 Å². The highest BCUT2D eigenvalue weighted by Gasteiger charge is 2.36. The second kappa shape index (κ2) is 8.93. The maximum Gasteiger partial charge on any atom is 0.338 e. The number of allylic oxidation sites excluding steroid dienone is 1. The van der Waals surface area contributed by atoms with E-state index in [-0.39, 0.29) is 29.1 Å². The van der Waals surface area contributed by atoms with Crippen molar-refractivity contribution in [3.63, 3.8) is 0 Å². The fourth-order valence-corrected chi connectivity index (χ4v) is 5.22. The van der Waals surface area contributed by atoms with E-state index in [2.05, 4.69) is 6.07 Å². The average Bonchev–Trinajstić information content (AvgIpc) is 3.11. The molecule has 0 radical (unpaired) electrons. The maximum atomic E-state index is 13.4. The van der Waals surface area contributed by atoms with Gasteiger partial charge in [-0.15, -0.1) is 11.3 Å². The molecule has 1 atom stereocenters. The van der Waals surface area contributed by atoms with Crippen LogP contribution in [0.4, 0.5) is 0 Å². The molecule has 166 valence electrons. The molecule has 0 spiro atoms. The molecule has 4 rings (SSSR count). The SMILES string of the molecule is CCOC(=O)C1=c2s/c(=C/c3ccccc3C)c(=O)n2C(N)=C(C#N)C1c1ccccc1C. The molecule has 0 aliphatic carbocycles. The number of nitrogens with zero attached hydrogens (tertiary/aromatic N) is 2. The van der Waals surface area contributed by atoms with Gasteiger partial charge in [-0.2, -0.15) is 5.26 Å². The summed E-state index contributed by atoms with van der Waals surface area (Å²) in [6.45, 7) is 5.76. The summed E-state index contributed by atoms with van der Waals surface area (Å²) in [6, 6.07) is 17.4. The fourth-order valence-electron chi connectivity index (χ4n) is 4.06. The Morgan fingerprint density at radius 1 is 1.18 bits per heavy atom. The van der Waals surface area contributed by atoms with E-state index in [1.807, 2.05) is 62.4 Å². The van der Waals surface area contributed by atoms with Crippen LogP contribution < -0.4 is 20.5 Å². The zero-order chi connectivity index (χ0) is 23.7. The summed E-state index contributed by atoms with van der Waals surface area (Å²) >= 11 is 1.18. The number of thiazole rings is 1. The zero-order valence-corrected chi connectivity index (χ0v) is 19.4. The molecular formula is C26H23N3O3S. The number of ether oxygens (including phenoxy) is 1. The van der Waals surface area contributed by atoms with Crippen molar-refractivity contribution >= 4 is 34.8 Å². The summed E-state index contributed by atoms with van der Waals surface area (Å²) < 4.78 is 7.46. The van der Waals surface area contributed by atoms with Crippen LogP contribution in [0.2, 0.25) is 0 Å². The maximum absolute atomic E-state index is 13.4. The first kappa shape index (κ1) is 22.3. The molecule has 2 aromatic carbocycles. The lowest BCUT2D eigenvalue weighted by atomic mass is 9.82. The van der Waals surface area contributed by atoms with Crippen LogP contribution in [-0.4, -0.2) is 17.1 Å². The van der Waals surface area contributed by atoms with Crippen LogP contribution in [-0.2, 0) is 9.53 Å². The summed E-state index contributed by atoms with van der Waals surface area (Å²) in [5, 5.41) is 10.0. The molecule has 1 aliphatic heterocycles. The van der Waals surface area contributed by atoms with E-state index in [1.54, 1.807) is 13.0 Å². The Hall–Kier alpha value is -3.89. The van der Waals surface area contributed by atoms with Crippen LogP contribution >= 0.6 is 11.3 Å². The molecule has 1 aromatic heterocycles. The number of fused-ring (bicyclic) bond motifs is 1. The van der Waals surface area contributed by atoms with E-state index in [0.717, 1.165) is 22.3 Å². The Kier molecular flexibility index (Phi) is 6.03. The van der Waals surface area contributed by atoms with Crippen LogP contribution in [0.1, 0.15) is 35.1 Å². The zero-order valence-electron chi connectivity index (χ0n) is 18.6. The minimum absolute atomic E-state index is 0.0412. The number of aromatic nitrogens is 1. The molecule has 1 aliphatic rings. The second-order valence-electron chi connectivity index (χ2n) is 7.75. The fraction of sp³-hybridized carbons (Fsp3) is 0.192. The first-order chi connectivity index (χ1) is 15.9. The van der Waals surface area contributed by atoms with Crippen molar-refractivity contribution in [1.82, 2.24) is 4.57 Å². The van der Waals surface area contributed by atoms with Crippen LogP contribution in [0.25, 0.3) is 17.5 Å². The van der Waals surface area contributed by atoms with Gasteiger partial charge < -0.3 is 10.5 Å². The van der Waals surface area contributed by atoms with Gasteiger partial charge in [0, 0.05) is 0 Å². The Morgan fingerprint density at radius 2 is 1.85 bits per heavy atom. The summed E-state index contributed by atoms with van der Waals surface area (Å²) in [5.74, 6) is -1.25. The number of hydrogen-bond donors (Lipinski definition) is 1. The van der Waals surface area contributed by atoms with Crippen LogP contribution in [0.3, 0.4) is 0 Å². The molecule has 3 aromatic rings. The number of benzene rings is 2. The number of esters is 1. The molecular weight excluding hydrogens is 434 g/mol. The smallest absolute Gasteiger partial charge is 0.338 e. The molecule has 0 saturated carbocycles. The number of nitriles is 1. The highest BCUT2D eigenvalue weighted by atomic mass is 32.1. The minimum atomic E-state index is -0.723. The van der Waals surface area contributed by atoms with Crippen molar-refractivity contribution in [2.45, 2.75) is 26.7 Å². The Bertz CT molecular complexity index is 1520. The van der Waals surface area contributed by atoms with Crippen LogP contribution in [0.5, 0.6) is 0 Å². The average molecular weight is 458 g/mol. The number of carbonyl (C=O) groups excluding carboxylic acids is 1. The standard InChI is InChI=1S/C26H23N3O3S/c1-4-32-26(31)22-21(18-12-8-6-10-16(18)3)19(14-27)23(28)29-24(30)20(33-25(22)29)13-17-11-7-5-9-15(17)2/h5-13,21H,4,28H2,1-3H3/b20-13+. The van der Waals surface area contributed by atoms with Crippen LogP contribution in [0, 0.1) is 25.2 Å². The van der Waals surface area contributed by atoms with Crippen molar-refractivity contribution in [3.8, 4) is 6.07 Å². The molecule has 6 nitrogen and oxygen atoms in total. The molecule has 2 N–H and O–H groups in total. The quantitative estimate of drug-likeness (QED) is 0.607. The highest BCUT2D eigenvalue weighted by Crippen LogP contribution is 2.37. The minimum Gasteiger partial charge on any atom is -0.463 e. The number of nitrogens with two attached hydrogens (primary N) is 1. The molecule has 0 amide bonds. The van der Waals surface area contributed by atoms with Gasteiger partial charge in [0.1, 0.15) is 10.5 Å². The van der Waals surface area contributed by atoms with Gasteiger partial charge in [-0.3, -0.25) is 9.36 Å². The van der Waals surface area contributed by atoms with E-state index < -0.39 is 11.9 Å². The van der Waals surface area contributed by atoms with Gasteiger partial charge in [-0.05, 0) is 49.1 Å². The van der Waals surface area contributed by atoms with E-state index in [0.29, 0.717) is 9.20 Å². The van der Waals surface area contributed by atoms with Gasteiger partial charge in [0.2, 0.25) is 0 Å². The normalized spacial score (nSPS) is 15.9. The Morgan fingerprint density at radius 3 is 2.48 bits per heavy atom. The molecule has 33 heavy (non-hydrogen) atoms. The summed E-state index contributed by atoms with van der Waals surface area (Å²) in [4.78, 5) is 26.6. The molecule has 1 unspecified atom stereocenters. The number of hydrogen-bond acceptors (Lipinski definition) is 6. The van der Waals surface area contributed by atoms with Gasteiger partial charge in [0.25, 0.3) is 5.56 Å². The van der Waals surface area contributed by atoms with Gasteiger partial charge >= 0.3 is 5.97 Å². The first-order valence-electron chi connectivity index (χ1n) is 10.5. The second-order valence-corrected chi connectivity index (χ2v) is 8.78. The van der Waals surface area contributed by atoms with Gasteiger partial charge in [-0.25, -0.2) is 4.79 Å². The van der Waals surface area contributed by atoms with Crippen molar-refractivity contribution in [2.75, 3.05) is 6.61 Å². The molecule has 0 fully saturated rings. The predicted molar refractivity (Wildman–Crippen MR) is 130 cm³/mol. The third-order valence-corrected chi connectivity index (χ3v) is 6.85. The largest absolute Gasteiger partial charge is 0.463 e. The first-order valence-corrected chi connectivity index (χ1v) is 11.4. The lowest BCUT2D eigenvalue weighted by Crippen LogP contribution is -2.40. The van der Waals surface area contributed by atoms with E-state index >= 15 is 0 Å². The molecule has 0 saturated heterocycles. The Balaban J connectivity index is 2.14. The van der Waals surface area contributed by atoms with E-state index in [1.165, 1.54) is 15.9 Å². The monoisotopic (exact) mass is 457 g/mol. The number of carbonyl (C=O) groups is 1. The van der Waals surface area contributed by atoms with Crippen molar-refractivity contribution in [3.05, 3.63) is 95.9 Å². The topological polar surface area (TPSA) is 98.1 Å². The van der Waals surface area contributed by atoms with Gasteiger partial charge in [0.05, 0.1) is 34.3 Å². The van der Waals surface area contributed by atoms with Gasteiger partial charge in [0.15, 0.2) is 0 Å². The van der Waals surface area contributed by atoms with Crippen LogP contribution in [0.15, 0.2) is 58.9 Å². The van der Waals surface area contributed by atoms with Crippen molar-refractivity contribution in [1.29, 1.82) is 5.26 Å². The summed E-state index contributed by atoms with van der Waals surface area (Å²) in [5.41, 5.74) is 10.0. The highest BCUT2D eigenvalue weighted by molar-refractivity contribution is 7.07. The molecule has 0 bridgehead atoms.